The number of benzene rings is 1. The van der Waals surface area contributed by atoms with Crippen LogP contribution in [0.4, 0.5) is 5.69 Å². The number of hydrogen-bond acceptors (Lipinski definition) is 6. The molecule has 1 aromatic carbocycles. The van der Waals surface area contributed by atoms with Crippen molar-refractivity contribution in [1.82, 2.24) is 9.55 Å². The molecule has 0 saturated carbocycles. The molecule has 0 unspecified atom stereocenters. The van der Waals surface area contributed by atoms with Crippen LogP contribution >= 0.6 is 23.1 Å². The second-order valence-electron chi connectivity index (χ2n) is 6.61. The predicted molar refractivity (Wildman–Crippen MR) is 122 cm³/mol. The number of furan rings is 1. The van der Waals surface area contributed by atoms with Crippen molar-refractivity contribution in [2.24, 2.45) is 0 Å². The Morgan fingerprint density at radius 3 is 2.97 bits per heavy atom. The fourth-order valence-corrected chi connectivity index (χ4v) is 4.85. The van der Waals surface area contributed by atoms with Crippen LogP contribution in [-0.2, 0) is 11.3 Å². The lowest BCUT2D eigenvalue weighted by atomic mass is 10.2. The van der Waals surface area contributed by atoms with Crippen LogP contribution in [0.25, 0.3) is 21.5 Å². The summed E-state index contributed by atoms with van der Waals surface area (Å²) < 4.78 is 7.01. The number of anilines is 1. The molecule has 1 amide bonds. The van der Waals surface area contributed by atoms with E-state index in [9.17, 15) is 9.59 Å². The molecule has 8 heteroatoms. The van der Waals surface area contributed by atoms with Crippen molar-refractivity contribution in [2.75, 3.05) is 11.1 Å². The summed E-state index contributed by atoms with van der Waals surface area (Å²) in [4.78, 5) is 30.9. The average Bonchev–Trinajstić information content (AvgIpc) is 3.38. The van der Waals surface area contributed by atoms with Gasteiger partial charge in [-0.05, 0) is 36.8 Å². The van der Waals surface area contributed by atoms with Crippen LogP contribution in [-0.4, -0.2) is 21.2 Å². The van der Waals surface area contributed by atoms with Gasteiger partial charge < -0.3 is 9.73 Å². The van der Waals surface area contributed by atoms with Crippen LogP contribution in [0.1, 0.15) is 5.56 Å². The lowest BCUT2D eigenvalue weighted by Gasteiger charge is -2.11. The number of aryl methyl sites for hydroxylation is 1. The van der Waals surface area contributed by atoms with Gasteiger partial charge in [0.25, 0.3) is 5.56 Å². The zero-order valence-electron chi connectivity index (χ0n) is 16.3. The highest BCUT2D eigenvalue weighted by Crippen LogP contribution is 2.32. The van der Waals surface area contributed by atoms with Crippen LogP contribution in [0.2, 0.25) is 0 Å². The van der Waals surface area contributed by atoms with Gasteiger partial charge in [0, 0.05) is 23.2 Å². The number of aromatic nitrogens is 2. The maximum Gasteiger partial charge on any atom is 0.263 e. The Balaban J connectivity index is 1.62. The van der Waals surface area contributed by atoms with Gasteiger partial charge in [-0.25, -0.2) is 4.98 Å². The molecule has 1 N–H and O–H groups in total. The van der Waals surface area contributed by atoms with E-state index in [2.05, 4.69) is 16.9 Å². The van der Waals surface area contributed by atoms with Crippen molar-refractivity contribution in [3.63, 3.8) is 0 Å². The minimum absolute atomic E-state index is 0.138. The van der Waals surface area contributed by atoms with Crippen molar-refractivity contribution in [3.05, 3.63) is 76.6 Å². The van der Waals surface area contributed by atoms with E-state index >= 15 is 0 Å². The quantitative estimate of drug-likeness (QED) is 0.252. The molecule has 0 radical (unpaired) electrons. The minimum Gasteiger partial charge on any atom is -0.464 e. The van der Waals surface area contributed by atoms with Gasteiger partial charge >= 0.3 is 0 Å². The largest absolute Gasteiger partial charge is 0.464 e. The highest BCUT2D eigenvalue weighted by Gasteiger charge is 2.19. The standard InChI is InChI=1S/C22H19N3O3S2/c1-3-9-25-21(27)19-16(17-8-5-10-28-17)12-29-20(19)24-22(25)30-13-18(26)23-15-7-4-6-14(2)11-15/h3-8,10-12H,1,9,13H2,2H3,(H,23,26). The molecule has 4 aromatic rings. The molecular formula is C22H19N3O3S2. The molecule has 30 heavy (non-hydrogen) atoms. The van der Waals surface area contributed by atoms with E-state index in [1.807, 2.05) is 42.6 Å². The fraction of sp³-hybridized carbons (Fsp3) is 0.136. The van der Waals surface area contributed by atoms with Crippen molar-refractivity contribution in [1.29, 1.82) is 0 Å². The predicted octanol–water partition coefficient (Wildman–Crippen LogP) is 4.94. The van der Waals surface area contributed by atoms with Crippen LogP contribution in [0.3, 0.4) is 0 Å². The van der Waals surface area contributed by atoms with E-state index in [4.69, 9.17) is 4.42 Å². The summed E-state index contributed by atoms with van der Waals surface area (Å²) in [5.74, 6) is 0.607. The number of thioether (sulfide) groups is 1. The van der Waals surface area contributed by atoms with Crippen molar-refractivity contribution >= 4 is 44.9 Å². The molecule has 0 aliphatic carbocycles. The van der Waals surface area contributed by atoms with Crippen molar-refractivity contribution in [3.8, 4) is 11.3 Å². The fourth-order valence-electron chi connectivity index (χ4n) is 3.07. The molecule has 3 heterocycles. The van der Waals surface area contributed by atoms with E-state index in [-0.39, 0.29) is 17.2 Å². The zero-order chi connectivity index (χ0) is 21.1. The summed E-state index contributed by atoms with van der Waals surface area (Å²) in [6, 6.07) is 11.2. The highest BCUT2D eigenvalue weighted by molar-refractivity contribution is 7.99. The number of nitrogens with zero attached hydrogens (tertiary/aromatic N) is 2. The van der Waals surface area contributed by atoms with Gasteiger partial charge in [0.1, 0.15) is 10.6 Å². The normalized spacial score (nSPS) is 11.0. The molecule has 0 atom stereocenters. The second-order valence-corrected chi connectivity index (χ2v) is 8.41. The van der Waals surface area contributed by atoms with Gasteiger partial charge in [-0.15, -0.1) is 17.9 Å². The first-order chi connectivity index (χ1) is 14.6. The van der Waals surface area contributed by atoms with E-state index in [1.54, 1.807) is 23.0 Å². The molecule has 0 aliphatic heterocycles. The summed E-state index contributed by atoms with van der Waals surface area (Å²) in [6.07, 6.45) is 3.22. The number of amides is 1. The summed E-state index contributed by atoms with van der Waals surface area (Å²) in [5.41, 5.74) is 2.37. The summed E-state index contributed by atoms with van der Waals surface area (Å²) in [6.45, 7) is 6.02. The smallest absolute Gasteiger partial charge is 0.263 e. The molecule has 6 nitrogen and oxygen atoms in total. The molecule has 0 aliphatic rings. The number of nitrogens with one attached hydrogen (secondary N) is 1. The maximum absolute atomic E-state index is 13.2. The summed E-state index contributed by atoms with van der Waals surface area (Å²) in [5, 5.41) is 5.75. The van der Waals surface area contributed by atoms with E-state index < -0.39 is 0 Å². The van der Waals surface area contributed by atoms with E-state index in [1.165, 1.54) is 23.1 Å². The molecular weight excluding hydrogens is 418 g/mol. The number of hydrogen-bond donors (Lipinski definition) is 1. The van der Waals surface area contributed by atoms with Crippen LogP contribution in [0.5, 0.6) is 0 Å². The first kappa shape index (κ1) is 20.2. The number of carbonyl (C=O) groups excluding carboxylic acids is 1. The zero-order valence-corrected chi connectivity index (χ0v) is 17.9. The highest BCUT2D eigenvalue weighted by atomic mass is 32.2. The summed E-state index contributed by atoms with van der Waals surface area (Å²) in [7, 11) is 0. The molecule has 4 rings (SSSR count). The van der Waals surface area contributed by atoms with Gasteiger partial charge in [-0.1, -0.05) is 30.0 Å². The number of allylic oxidation sites excluding steroid dienone is 1. The first-order valence-electron chi connectivity index (χ1n) is 9.23. The monoisotopic (exact) mass is 437 g/mol. The molecule has 0 spiro atoms. The Bertz CT molecular complexity index is 1270. The van der Waals surface area contributed by atoms with Crippen molar-refractivity contribution < 1.29 is 9.21 Å². The third-order valence-electron chi connectivity index (χ3n) is 4.39. The topological polar surface area (TPSA) is 77.1 Å². The molecule has 0 fully saturated rings. The Morgan fingerprint density at radius 1 is 1.37 bits per heavy atom. The van der Waals surface area contributed by atoms with Gasteiger partial charge in [0.05, 0.1) is 17.4 Å². The van der Waals surface area contributed by atoms with Gasteiger partial charge in [-0.3, -0.25) is 14.2 Å². The molecule has 0 saturated heterocycles. The Morgan fingerprint density at radius 2 is 2.23 bits per heavy atom. The molecule has 152 valence electrons. The van der Waals surface area contributed by atoms with Gasteiger partial charge in [0.15, 0.2) is 5.16 Å². The Labute approximate surface area is 181 Å². The molecule has 0 bridgehead atoms. The van der Waals surface area contributed by atoms with Gasteiger partial charge in [0.2, 0.25) is 5.91 Å². The third kappa shape index (κ3) is 4.10. The third-order valence-corrected chi connectivity index (χ3v) is 6.24. The second kappa shape index (κ2) is 8.73. The van der Waals surface area contributed by atoms with Crippen LogP contribution in [0.15, 0.2) is 75.1 Å². The number of carbonyl (C=O) groups is 1. The van der Waals surface area contributed by atoms with E-state index in [0.717, 1.165) is 16.8 Å². The number of rotatable bonds is 7. The van der Waals surface area contributed by atoms with Crippen molar-refractivity contribution in [2.45, 2.75) is 18.6 Å². The first-order valence-corrected chi connectivity index (χ1v) is 11.1. The summed E-state index contributed by atoms with van der Waals surface area (Å²) >= 11 is 2.61. The van der Waals surface area contributed by atoms with Crippen LogP contribution < -0.4 is 10.9 Å². The Kier molecular flexibility index (Phi) is 5.87. The molecule has 3 aromatic heterocycles. The average molecular weight is 438 g/mol. The number of thiophene rings is 1. The maximum atomic E-state index is 13.2. The lowest BCUT2D eigenvalue weighted by Crippen LogP contribution is -2.23. The van der Waals surface area contributed by atoms with Gasteiger partial charge in [-0.2, -0.15) is 0 Å². The van der Waals surface area contributed by atoms with E-state index in [0.29, 0.717) is 27.7 Å². The van der Waals surface area contributed by atoms with Crippen LogP contribution in [0, 0.1) is 6.92 Å². The SMILES string of the molecule is C=CCn1c(SCC(=O)Nc2cccc(C)c2)nc2scc(-c3ccco3)c2c1=O. The Hall–Kier alpha value is -3.10. The minimum atomic E-state index is -0.172. The number of fused-ring (bicyclic) bond motifs is 1. The lowest BCUT2D eigenvalue weighted by molar-refractivity contribution is -0.113.